The van der Waals surface area contributed by atoms with Crippen molar-refractivity contribution in [1.29, 1.82) is 0 Å². The van der Waals surface area contributed by atoms with Crippen molar-refractivity contribution in [2.45, 2.75) is 57.9 Å². The quantitative estimate of drug-likeness (QED) is 0.226. The van der Waals surface area contributed by atoms with E-state index in [0.29, 0.717) is 32.2 Å². The molecule has 0 atom stereocenters. The van der Waals surface area contributed by atoms with Crippen LogP contribution in [-0.4, -0.2) is 57.7 Å². The van der Waals surface area contributed by atoms with Crippen LogP contribution in [0.25, 0.3) is 38.8 Å². The second-order valence-electron chi connectivity index (χ2n) is 11.2. The Labute approximate surface area is 250 Å². The van der Waals surface area contributed by atoms with Gasteiger partial charge in [0.15, 0.2) is 0 Å². The van der Waals surface area contributed by atoms with Gasteiger partial charge in [-0.3, -0.25) is 4.79 Å². The zero-order valence-corrected chi connectivity index (χ0v) is 24.9. The van der Waals surface area contributed by atoms with Crippen molar-refractivity contribution in [2.75, 3.05) is 26.3 Å². The molecule has 0 bridgehead atoms. The summed E-state index contributed by atoms with van der Waals surface area (Å²) in [7, 11) is 0. The van der Waals surface area contributed by atoms with Gasteiger partial charge in [0.2, 0.25) is 5.91 Å². The minimum Gasteiger partial charge on any atom is -0.478 e. The number of rotatable bonds is 8. The number of aliphatic carboxylic acids is 1. The van der Waals surface area contributed by atoms with Crippen LogP contribution in [0.15, 0.2) is 54.6 Å². The molecule has 1 saturated heterocycles. The number of carbonyl (C=O) groups is 2. The third kappa shape index (κ3) is 6.05. The third-order valence-electron chi connectivity index (χ3n) is 8.48. The second-order valence-corrected chi connectivity index (χ2v) is 12.4. The Morgan fingerprint density at radius 2 is 1.86 bits per heavy atom. The lowest BCUT2D eigenvalue weighted by Gasteiger charge is -2.28. The van der Waals surface area contributed by atoms with E-state index < -0.39 is 5.97 Å². The number of morpholine rings is 1. The van der Waals surface area contributed by atoms with Gasteiger partial charge < -0.3 is 19.3 Å². The van der Waals surface area contributed by atoms with Crippen LogP contribution >= 0.6 is 11.3 Å². The first-order valence-corrected chi connectivity index (χ1v) is 15.8. The molecule has 4 aromatic rings. The van der Waals surface area contributed by atoms with Gasteiger partial charge in [0, 0.05) is 35.1 Å². The number of benzene rings is 1. The fourth-order valence-electron chi connectivity index (χ4n) is 6.27. The van der Waals surface area contributed by atoms with Gasteiger partial charge in [-0.1, -0.05) is 38.3 Å². The van der Waals surface area contributed by atoms with Crippen LogP contribution in [0.5, 0.6) is 0 Å². The van der Waals surface area contributed by atoms with Crippen molar-refractivity contribution in [2.24, 2.45) is 0 Å². The highest BCUT2D eigenvalue weighted by atomic mass is 32.1. The molecule has 2 aliphatic rings. The van der Waals surface area contributed by atoms with E-state index in [1.807, 2.05) is 9.47 Å². The van der Waals surface area contributed by atoms with Crippen molar-refractivity contribution in [3.8, 4) is 21.8 Å². The number of thiophene rings is 1. The van der Waals surface area contributed by atoms with Gasteiger partial charge in [0.25, 0.3) is 0 Å². The molecular formula is C34H37N3O4S. The monoisotopic (exact) mass is 583 g/mol. The Bertz CT molecular complexity index is 1620. The standard InChI is InChI=1S/C34H37N3O4S/c1-2-27-11-14-31(42-27)30-13-8-24-20-25(9-12-29(24)35-30)34-28(23-6-4-3-5-7-23)21-26(10-15-33(39)40)37(34)22-32(38)36-16-18-41-19-17-36/h8-15,20-21,23H,2-7,16-19,22H2,1H3,(H,39,40)/b15-10+. The zero-order chi connectivity index (χ0) is 29.1. The highest BCUT2D eigenvalue weighted by molar-refractivity contribution is 7.15. The van der Waals surface area contributed by atoms with Crippen LogP contribution < -0.4 is 0 Å². The lowest BCUT2D eigenvalue weighted by Crippen LogP contribution is -2.42. The van der Waals surface area contributed by atoms with Crippen molar-refractivity contribution in [1.82, 2.24) is 14.5 Å². The van der Waals surface area contributed by atoms with E-state index in [2.05, 4.69) is 55.5 Å². The number of carboxylic acids is 1. The molecule has 8 heteroatoms. The van der Waals surface area contributed by atoms with Crippen molar-refractivity contribution < 1.29 is 19.4 Å². The predicted octanol–water partition coefficient (Wildman–Crippen LogP) is 7.00. The number of carbonyl (C=O) groups excluding carboxylic acids is 1. The van der Waals surface area contributed by atoms with Gasteiger partial charge in [0.05, 0.1) is 35.0 Å². The number of amides is 1. The lowest BCUT2D eigenvalue weighted by molar-refractivity contribution is -0.136. The van der Waals surface area contributed by atoms with Crippen LogP contribution in [0.3, 0.4) is 0 Å². The maximum Gasteiger partial charge on any atom is 0.328 e. The molecular weight excluding hydrogens is 546 g/mol. The molecule has 1 N–H and O–H groups in total. The maximum atomic E-state index is 13.5. The Balaban J connectivity index is 1.45. The average Bonchev–Trinajstić information content (AvgIpc) is 3.65. The van der Waals surface area contributed by atoms with E-state index >= 15 is 0 Å². The Hall–Kier alpha value is -3.75. The number of hydrogen-bond acceptors (Lipinski definition) is 5. The summed E-state index contributed by atoms with van der Waals surface area (Å²) < 4.78 is 7.50. The van der Waals surface area contributed by atoms with Gasteiger partial charge in [-0.25, -0.2) is 9.78 Å². The smallest absolute Gasteiger partial charge is 0.328 e. The van der Waals surface area contributed by atoms with Crippen LogP contribution in [0, 0.1) is 0 Å². The average molecular weight is 584 g/mol. The van der Waals surface area contributed by atoms with Crippen molar-refractivity contribution in [3.63, 3.8) is 0 Å². The molecule has 6 rings (SSSR count). The number of hydrogen-bond donors (Lipinski definition) is 1. The van der Waals surface area contributed by atoms with Gasteiger partial charge >= 0.3 is 5.97 Å². The summed E-state index contributed by atoms with van der Waals surface area (Å²) in [4.78, 5) is 34.4. The molecule has 0 radical (unpaired) electrons. The molecule has 4 heterocycles. The topological polar surface area (TPSA) is 84.7 Å². The first-order chi connectivity index (χ1) is 20.5. The highest BCUT2D eigenvalue weighted by Crippen LogP contribution is 2.41. The first kappa shape index (κ1) is 28.4. The Kier molecular flexibility index (Phi) is 8.53. The lowest BCUT2D eigenvalue weighted by atomic mass is 9.83. The number of nitrogens with zero attached hydrogens (tertiary/aromatic N) is 3. The molecule has 0 unspecified atom stereocenters. The van der Waals surface area contributed by atoms with E-state index in [1.54, 1.807) is 17.4 Å². The Morgan fingerprint density at radius 1 is 1.05 bits per heavy atom. The first-order valence-electron chi connectivity index (χ1n) is 15.0. The van der Waals surface area contributed by atoms with Crippen LogP contribution in [0.2, 0.25) is 0 Å². The van der Waals surface area contributed by atoms with Crippen LogP contribution in [0.1, 0.15) is 61.1 Å². The van der Waals surface area contributed by atoms with E-state index in [1.165, 1.54) is 40.7 Å². The highest BCUT2D eigenvalue weighted by Gasteiger charge is 2.27. The molecule has 1 aliphatic heterocycles. The molecule has 2 fully saturated rings. The van der Waals surface area contributed by atoms with E-state index in [-0.39, 0.29) is 12.5 Å². The van der Waals surface area contributed by atoms with Gasteiger partial charge in [-0.05, 0) is 78.8 Å². The molecule has 0 spiro atoms. The molecule has 1 saturated carbocycles. The molecule has 3 aromatic heterocycles. The molecule has 7 nitrogen and oxygen atoms in total. The largest absolute Gasteiger partial charge is 0.478 e. The summed E-state index contributed by atoms with van der Waals surface area (Å²) in [5, 5.41) is 10.5. The van der Waals surface area contributed by atoms with Crippen molar-refractivity contribution >= 4 is 40.2 Å². The van der Waals surface area contributed by atoms with E-state index in [0.717, 1.165) is 52.8 Å². The van der Waals surface area contributed by atoms with Gasteiger partial charge in [-0.15, -0.1) is 11.3 Å². The number of ether oxygens (including phenoxy) is 1. The molecule has 1 aliphatic carbocycles. The molecule has 42 heavy (non-hydrogen) atoms. The zero-order valence-electron chi connectivity index (χ0n) is 24.1. The summed E-state index contributed by atoms with van der Waals surface area (Å²) >= 11 is 1.78. The summed E-state index contributed by atoms with van der Waals surface area (Å²) in [6, 6.07) is 17.0. The number of carboxylic acid groups (broad SMARTS) is 1. The van der Waals surface area contributed by atoms with Crippen molar-refractivity contribution in [3.05, 3.63) is 70.7 Å². The molecule has 218 valence electrons. The molecule has 1 amide bonds. The summed E-state index contributed by atoms with van der Waals surface area (Å²) in [6.07, 6.45) is 9.59. The van der Waals surface area contributed by atoms with E-state index in [4.69, 9.17) is 9.72 Å². The summed E-state index contributed by atoms with van der Waals surface area (Å²) in [6.45, 7) is 4.52. The van der Waals surface area contributed by atoms with Gasteiger partial charge in [-0.2, -0.15) is 0 Å². The number of pyridine rings is 1. The number of aryl methyl sites for hydroxylation is 1. The summed E-state index contributed by atoms with van der Waals surface area (Å²) in [5.41, 5.74) is 5.87. The SMILES string of the molecule is CCc1ccc(-c2ccc3cc(-c4c(C5CCCCC5)cc(/C=C/C(=O)O)n4CC(=O)N4CCOCC4)ccc3n2)s1. The van der Waals surface area contributed by atoms with Gasteiger partial charge in [0.1, 0.15) is 6.54 Å². The third-order valence-corrected chi connectivity index (χ3v) is 9.73. The minimum absolute atomic E-state index is 0.0183. The normalized spacial score (nSPS) is 16.5. The number of aromatic nitrogens is 2. The van der Waals surface area contributed by atoms with Crippen LogP contribution in [-0.2, 0) is 27.3 Å². The second kappa shape index (κ2) is 12.6. The number of fused-ring (bicyclic) bond motifs is 1. The van der Waals surface area contributed by atoms with Crippen LogP contribution in [0.4, 0.5) is 0 Å². The Morgan fingerprint density at radius 3 is 2.60 bits per heavy atom. The fourth-order valence-corrected chi connectivity index (χ4v) is 7.18. The minimum atomic E-state index is -1.01. The fraction of sp³-hybridized carbons (Fsp3) is 0.382. The summed E-state index contributed by atoms with van der Waals surface area (Å²) in [5.74, 6) is -0.620. The van der Waals surface area contributed by atoms with E-state index in [9.17, 15) is 14.7 Å². The molecule has 1 aromatic carbocycles. The predicted molar refractivity (Wildman–Crippen MR) is 168 cm³/mol. The maximum absolute atomic E-state index is 13.5.